The first-order chi connectivity index (χ1) is 15.1. The van der Waals surface area contributed by atoms with Gasteiger partial charge in [-0.3, -0.25) is 24.1 Å². The van der Waals surface area contributed by atoms with Gasteiger partial charge in [0.05, 0.1) is 18.3 Å². The summed E-state index contributed by atoms with van der Waals surface area (Å²) in [7, 11) is 0. The van der Waals surface area contributed by atoms with Crippen LogP contribution in [0.25, 0.3) is 0 Å². The van der Waals surface area contributed by atoms with E-state index in [0.717, 1.165) is 22.0 Å². The van der Waals surface area contributed by atoms with Gasteiger partial charge in [0.2, 0.25) is 11.8 Å². The quantitative estimate of drug-likeness (QED) is 0.293. The van der Waals surface area contributed by atoms with Gasteiger partial charge in [0, 0.05) is 26.4 Å². The summed E-state index contributed by atoms with van der Waals surface area (Å²) in [5, 5.41) is 2.73. The Morgan fingerprint density at radius 1 is 1.06 bits per heavy atom. The van der Waals surface area contributed by atoms with Crippen LogP contribution in [0.1, 0.15) is 24.0 Å². The molecule has 1 heterocycles. The van der Waals surface area contributed by atoms with Gasteiger partial charge >= 0.3 is 5.97 Å². The highest BCUT2D eigenvalue weighted by Gasteiger charge is 2.66. The number of hydrogen-bond donors (Lipinski definition) is 1. The first kappa shape index (κ1) is 23.9. The van der Waals surface area contributed by atoms with Gasteiger partial charge in [0.1, 0.15) is 0 Å². The molecule has 2 aliphatic carbocycles. The van der Waals surface area contributed by atoms with Crippen molar-refractivity contribution in [1.82, 2.24) is 4.90 Å². The Kier molecular flexibility index (Phi) is 6.85. The number of fused-ring (bicyclic) bond motifs is 5. The molecule has 0 aromatic heterocycles. The summed E-state index contributed by atoms with van der Waals surface area (Å²) >= 11 is 10.7. The molecule has 2 bridgehead atoms. The number of nitrogens with zero attached hydrogens (tertiary/aromatic N) is 1. The van der Waals surface area contributed by atoms with Crippen molar-refractivity contribution < 1.29 is 23.9 Å². The van der Waals surface area contributed by atoms with Crippen molar-refractivity contribution in [3.8, 4) is 0 Å². The van der Waals surface area contributed by atoms with Crippen molar-refractivity contribution >= 4 is 77.2 Å². The maximum atomic E-state index is 12.9. The lowest BCUT2D eigenvalue weighted by Crippen LogP contribution is -2.37. The van der Waals surface area contributed by atoms with Crippen molar-refractivity contribution in [2.45, 2.75) is 36.3 Å². The highest BCUT2D eigenvalue weighted by atomic mass is 79.9. The minimum absolute atomic E-state index is 0.0184. The number of esters is 1. The zero-order valence-corrected chi connectivity index (χ0v) is 22.3. The zero-order valence-electron chi connectivity index (χ0n) is 17.6. The van der Waals surface area contributed by atoms with Gasteiger partial charge in [-0.05, 0) is 55.4 Å². The summed E-state index contributed by atoms with van der Waals surface area (Å²) < 4.78 is 6.00. The molecular formula is C22H23Br3N2O5. The molecule has 32 heavy (non-hydrogen) atoms. The van der Waals surface area contributed by atoms with E-state index in [1.807, 2.05) is 26.0 Å². The Morgan fingerprint density at radius 2 is 1.66 bits per heavy atom. The predicted molar refractivity (Wildman–Crippen MR) is 129 cm³/mol. The number of imide groups is 1. The summed E-state index contributed by atoms with van der Waals surface area (Å²) in [5.41, 5.74) is 2.50. The Morgan fingerprint density at radius 3 is 2.25 bits per heavy atom. The van der Waals surface area contributed by atoms with Gasteiger partial charge in [0.15, 0.2) is 6.61 Å². The molecule has 1 aliphatic heterocycles. The van der Waals surface area contributed by atoms with Crippen LogP contribution in [0.2, 0.25) is 0 Å². The highest BCUT2D eigenvalue weighted by molar-refractivity contribution is 9.12. The van der Waals surface area contributed by atoms with Crippen LogP contribution in [0, 0.1) is 37.5 Å². The number of aryl methyl sites for hydroxylation is 2. The molecule has 1 aromatic rings. The molecule has 2 saturated carbocycles. The van der Waals surface area contributed by atoms with E-state index < -0.39 is 18.5 Å². The Hall–Kier alpha value is -1.26. The van der Waals surface area contributed by atoms with Gasteiger partial charge in [-0.25, -0.2) is 0 Å². The Bertz CT molecular complexity index is 968. The maximum absolute atomic E-state index is 12.9. The third kappa shape index (κ3) is 4.18. The van der Waals surface area contributed by atoms with Crippen LogP contribution in [-0.2, 0) is 23.9 Å². The largest absolute Gasteiger partial charge is 0.456 e. The first-order valence-corrected chi connectivity index (χ1v) is 13.1. The second-order valence-electron chi connectivity index (χ2n) is 8.71. The fourth-order valence-corrected chi connectivity index (χ4v) is 7.49. The van der Waals surface area contributed by atoms with E-state index in [-0.39, 0.29) is 58.1 Å². The average Bonchev–Trinajstić information content (AvgIpc) is 3.34. The molecule has 1 saturated heterocycles. The number of amides is 3. The molecule has 1 N–H and O–H groups in total. The molecule has 3 amide bonds. The highest BCUT2D eigenvalue weighted by Crippen LogP contribution is 2.60. The molecule has 0 radical (unpaired) electrons. The van der Waals surface area contributed by atoms with Gasteiger partial charge < -0.3 is 10.1 Å². The average molecular weight is 635 g/mol. The van der Waals surface area contributed by atoms with Crippen molar-refractivity contribution in [2.75, 3.05) is 18.5 Å². The third-order valence-corrected chi connectivity index (χ3v) is 10.8. The number of nitrogens with one attached hydrogen (secondary N) is 1. The fraction of sp³-hybridized carbons (Fsp3) is 0.545. The Balaban J connectivity index is 1.27. The first-order valence-electron chi connectivity index (χ1n) is 10.5. The van der Waals surface area contributed by atoms with Gasteiger partial charge in [-0.2, -0.15) is 0 Å². The molecule has 3 aliphatic rings. The number of halogens is 3. The summed E-state index contributed by atoms with van der Waals surface area (Å²) in [5.74, 6) is -1.79. The van der Waals surface area contributed by atoms with Crippen LogP contribution in [-0.4, -0.2) is 51.4 Å². The van der Waals surface area contributed by atoms with E-state index in [1.54, 1.807) is 0 Å². The minimum atomic E-state index is -0.624. The van der Waals surface area contributed by atoms with Crippen LogP contribution >= 0.6 is 47.8 Å². The zero-order chi connectivity index (χ0) is 23.3. The molecule has 6 atom stereocenters. The maximum Gasteiger partial charge on any atom is 0.308 e. The second-order valence-corrected chi connectivity index (χ2v) is 11.7. The molecule has 1 aromatic carbocycles. The van der Waals surface area contributed by atoms with Gasteiger partial charge in [-0.15, -0.1) is 0 Å². The Labute approximate surface area is 211 Å². The van der Waals surface area contributed by atoms with E-state index in [9.17, 15) is 19.2 Å². The summed E-state index contributed by atoms with van der Waals surface area (Å²) in [6, 6.07) is 3.74. The minimum Gasteiger partial charge on any atom is -0.456 e. The number of ether oxygens (including phenoxy) is 1. The van der Waals surface area contributed by atoms with Crippen LogP contribution in [0.5, 0.6) is 0 Å². The second kappa shape index (κ2) is 9.18. The van der Waals surface area contributed by atoms with Crippen molar-refractivity contribution in [1.29, 1.82) is 0 Å². The van der Waals surface area contributed by atoms with Crippen LogP contribution in [0.4, 0.5) is 5.69 Å². The summed E-state index contributed by atoms with van der Waals surface area (Å²) in [6.07, 6.45) is 0.729. The number of anilines is 1. The van der Waals surface area contributed by atoms with E-state index >= 15 is 0 Å². The number of hydrogen-bond acceptors (Lipinski definition) is 5. The lowest BCUT2D eigenvalue weighted by Gasteiger charge is -2.28. The van der Waals surface area contributed by atoms with E-state index in [4.69, 9.17) is 4.74 Å². The molecule has 4 rings (SSSR count). The number of likely N-dealkylation sites (tertiary alicyclic amines) is 1. The molecule has 0 unspecified atom stereocenters. The van der Waals surface area contributed by atoms with Crippen LogP contribution in [0.3, 0.4) is 0 Å². The molecule has 0 spiro atoms. The van der Waals surface area contributed by atoms with Crippen molar-refractivity contribution in [3.05, 3.63) is 27.7 Å². The third-order valence-electron chi connectivity index (χ3n) is 6.76. The lowest BCUT2D eigenvalue weighted by atomic mass is 9.81. The molecule has 10 heteroatoms. The molecule has 3 fully saturated rings. The molecular weight excluding hydrogens is 612 g/mol. The predicted octanol–water partition coefficient (Wildman–Crippen LogP) is 3.72. The van der Waals surface area contributed by atoms with Gasteiger partial charge in [0.25, 0.3) is 5.91 Å². The number of alkyl halides is 2. The van der Waals surface area contributed by atoms with E-state index in [1.165, 1.54) is 4.90 Å². The number of rotatable bonds is 6. The normalized spacial score (nSPS) is 30.6. The number of carbonyl (C=O) groups is 4. The monoisotopic (exact) mass is 632 g/mol. The smallest absolute Gasteiger partial charge is 0.308 e. The summed E-state index contributed by atoms with van der Waals surface area (Å²) in [6.45, 7) is 3.33. The van der Waals surface area contributed by atoms with Gasteiger partial charge in [-0.1, -0.05) is 47.8 Å². The van der Waals surface area contributed by atoms with E-state index in [0.29, 0.717) is 5.69 Å². The lowest BCUT2D eigenvalue weighted by molar-refractivity contribution is -0.149. The standard InChI is InChI=1S/C22H23Br3N2O5/c1-9-6-14(10(2)5-13(9)23)26-15(28)8-32-16(29)3-4-27-21(30)17-11-7-12(18(17)22(27)31)20(25)19(11)24/h5-6,11-12,17-20H,3-4,7-8H2,1-2H3,(H,26,28)/t11-,12-,17-,18+,19+,20+/m1/s1. The topological polar surface area (TPSA) is 92.8 Å². The van der Waals surface area contributed by atoms with Crippen LogP contribution in [0.15, 0.2) is 16.6 Å². The van der Waals surface area contributed by atoms with E-state index in [2.05, 4.69) is 53.1 Å². The molecule has 172 valence electrons. The number of benzene rings is 1. The fourth-order valence-electron chi connectivity index (χ4n) is 5.15. The number of carbonyl (C=O) groups excluding carboxylic acids is 4. The SMILES string of the molecule is Cc1cc(NC(=O)COC(=O)CCN2C(=O)[C@@H]3[C@H]4C[C@@H]([C@H](Br)[C@H]4Br)[C@@H]3C2=O)c(C)cc1Br. The van der Waals surface area contributed by atoms with Crippen LogP contribution < -0.4 is 5.32 Å². The molecule has 7 nitrogen and oxygen atoms in total. The summed E-state index contributed by atoms with van der Waals surface area (Å²) in [4.78, 5) is 51.6. The van der Waals surface area contributed by atoms with Crippen molar-refractivity contribution in [2.24, 2.45) is 23.7 Å². The van der Waals surface area contributed by atoms with Crippen molar-refractivity contribution in [3.63, 3.8) is 0 Å².